The fourth-order valence-electron chi connectivity index (χ4n) is 4.50. The van der Waals surface area contributed by atoms with Gasteiger partial charge in [-0.05, 0) is 0 Å². The van der Waals surface area contributed by atoms with Gasteiger partial charge in [-0.25, -0.2) is 0 Å². The summed E-state index contributed by atoms with van der Waals surface area (Å²) in [5.74, 6) is 0.283. The van der Waals surface area contributed by atoms with E-state index >= 15 is 0 Å². The molecule has 0 amide bonds. The second kappa shape index (κ2) is 7.64. The molecule has 3 heteroatoms. The molecule has 0 bridgehead atoms. The third kappa shape index (κ3) is 3.02. The van der Waals surface area contributed by atoms with Crippen molar-refractivity contribution >= 4 is 52.8 Å². The van der Waals surface area contributed by atoms with Crippen molar-refractivity contribution < 1.29 is 5.11 Å². The minimum atomic E-state index is -3.20. The van der Waals surface area contributed by atoms with Crippen LogP contribution in [0.2, 0.25) is 0 Å². The molecular weight excluding hydrogens is 463 g/mol. The first-order valence-corrected chi connectivity index (χ1v) is 14.5. The van der Waals surface area contributed by atoms with E-state index in [1.165, 1.54) is 21.2 Å². The first-order chi connectivity index (χ1) is 15.1. The molecule has 0 spiro atoms. The van der Waals surface area contributed by atoms with Gasteiger partial charge in [-0.3, -0.25) is 0 Å². The van der Waals surface area contributed by atoms with Crippen LogP contribution in [0, 0.1) is 0 Å². The maximum atomic E-state index is 9.94. The van der Waals surface area contributed by atoms with Crippen molar-refractivity contribution in [3.05, 3.63) is 127 Å². The molecule has 5 aromatic rings. The topological polar surface area (TPSA) is 20.2 Å². The normalized spacial score (nSPS) is 12.9. The van der Waals surface area contributed by atoms with Crippen LogP contribution in [0.25, 0.3) is 10.8 Å². The van der Waals surface area contributed by atoms with E-state index in [0.717, 1.165) is 10.8 Å². The van der Waals surface area contributed by atoms with Crippen molar-refractivity contribution in [2.75, 3.05) is 0 Å². The molecular formula is C28H22BrOP. The summed E-state index contributed by atoms with van der Waals surface area (Å²) in [6.07, 6.45) is 0. The number of phenols is 1. The first-order valence-electron chi connectivity index (χ1n) is 10.2. The molecule has 0 aromatic heterocycles. The summed E-state index contributed by atoms with van der Waals surface area (Å²) < 4.78 is 0. The van der Waals surface area contributed by atoms with Crippen molar-refractivity contribution in [1.29, 1.82) is 0 Å². The average Bonchev–Trinajstić information content (AvgIpc) is 2.85. The Hall–Kier alpha value is -2.93. The molecule has 31 heavy (non-hydrogen) atoms. The predicted molar refractivity (Wildman–Crippen MR) is 139 cm³/mol. The monoisotopic (exact) mass is 484 g/mol. The van der Waals surface area contributed by atoms with E-state index in [0.29, 0.717) is 0 Å². The summed E-state index contributed by atoms with van der Waals surface area (Å²) in [7, 11) is 0. The van der Waals surface area contributed by atoms with Gasteiger partial charge in [0.15, 0.2) is 0 Å². The number of hydrogen-bond donors (Lipinski definition) is 1. The van der Waals surface area contributed by atoms with E-state index in [-0.39, 0.29) is 5.75 Å². The number of fused-ring (bicyclic) bond motifs is 1. The Labute approximate surface area is 190 Å². The van der Waals surface area contributed by atoms with Crippen molar-refractivity contribution in [2.45, 2.75) is 0 Å². The Morgan fingerprint density at radius 2 is 0.871 bits per heavy atom. The van der Waals surface area contributed by atoms with Gasteiger partial charge in [0.1, 0.15) is 0 Å². The van der Waals surface area contributed by atoms with Gasteiger partial charge in [-0.15, -0.1) is 0 Å². The fraction of sp³-hybridized carbons (Fsp3) is 0. The Morgan fingerprint density at radius 1 is 0.452 bits per heavy atom. The zero-order valence-corrected chi connectivity index (χ0v) is 19.4. The predicted octanol–water partition coefficient (Wildman–Crippen LogP) is 6.01. The van der Waals surface area contributed by atoms with Crippen LogP contribution < -0.4 is 21.2 Å². The quantitative estimate of drug-likeness (QED) is 0.309. The Kier molecular flexibility index (Phi) is 4.93. The van der Waals surface area contributed by atoms with E-state index in [9.17, 15) is 5.11 Å². The first kappa shape index (κ1) is 20.0. The third-order valence-electron chi connectivity index (χ3n) is 6.02. The van der Waals surface area contributed by atoms with Gasteiger partial charge in [-0.2, -0.15) is 0 Å². The van der Waals surface area contributed by atoms with Crippen LogP contribution in [0.5, 0.6) is 5.75 Å². The molecule has 0 saturated carbocycles. The number of aromatic hydroxyl groups is 1. The van der Waals surface area contributed by atoms with Crippen LogP contribution in [-0.2, 0) is 0 Å². The van der Waals surface area contributed by atoms with Crippen LogP contribution >= 0.6 is 20.8 Å². The van der Waals surface area contributed by atoms with Crippen LogP contribution in [0.3, 0.4) is 0 Å². The molecule has 1 N–H and O–H groups in total. The van der Waals surface area contributed by atoms with Gasteiger partial charge in [0.05, 0.1) is 0 Å². The molecule has 152 valence electrons. The van der Waals surface area contributed by atoms with Gasteiger partial charge in [0.2, 0.25) is 0 Å². The number of phenolic OH excluding ortho intramolecular Hbond substituents is 1. The average molecular weight is 485 g/mol. The molecule has 0 unspecified atom stereocenters. The van der Waals surface area contributed by atoms with Gasteiger partial charge in [0.25, 0.3) is 0 Å². The summed E-state index contributed by atoms with van der Waals surface area (Å²) in [5.41, 5.74) is 0. The SMILES string of the molecule is Oc1ccc2cc(P(Br)(c3ccccc3)(c3ccccc3)c3ccccc3)ccc2c1. The van der Waals surface area contributed by atoms with Crippen molar-refractivity contribution in [1.82, 2.24) is 0 Å². The number of benzene rings is 5. The van der Waals surface area contributed by atoms with Gasteiger partial charge < -0.3 is 0 Å². The van der Waals surface area contributed by atoms with Crippen LogP contribution in [0.4, 0.5) is 0 Å². The summed E-state index contributed by atoms with van der Waals surface area (Å²) in [5, 5.41) is 13.9. The zero-order chi connectivity index (χ0) is 21.3. The fourth-order valence-corrected chi connectivity index (χ4v) is 12.0. The molecule has 0 aliphatic rings. The van der Waals surface area contributed by atoms with E-state index < -0.39 is 5.31 Å². The van der Waals surface area contributed by atoms with E-state index in [1.54, 1.807) is 6.07 Å². The number of halogens is 1. The number of hydrogen-bond acceptors (Lipinski definition) is 1. The Bertz CT molecular complexity index is 1250. The van der Waals surface area contributed by atoms with Crippen LogP contribution in [0.1, 0.15) is 0 Å². The van der Waals surface area contributed by atoms with Crippen molar-refractivity contribution in [3.63, 3.8) is 0 Å². The summed E-state index contributed by atoms with van der Waals surface area (Å²) >= 11 is 4.51. The molecule has 0 atom stereocenters. The van der Waals surface area contributed by atoms with Gasteiger partial charge in [0, 0.05) is 0 Å². The standard InChI is InChI=1S/C28H22BrOP/c29-31(25-10-4-1-5-11-25,26-12-6-2-7-13-26,27-14-8-3-9-15-27)28-19-17-22-20-24(30)18-16-23(22)21-28/h1-21,30H. The molecule has 5 rings (SSSR count). The Balaban J connectivity index is 1.97. The molecule has 1 nitrogen and oxygen atoms in total. The summed E-state index contributed by atoms with van der Waals surface area (Å²) in [6.45, 7) is 0. The minimum absolute atomic E-state index is 0.283. The maximum absolute atomic E-state index is 9.94. The van der Waals surface area contributed by atoms with Crippen LogP contribution in [-0.4, -0.2) is 5.11 Å². The van der Waals surface area contributed by atoms with E-state index in [4.69, 9.17) is 0 Å². The molecule has 0 saturated heterocycles. The van der Waals surface area contributed by atoms with Gasteiger partial charge >= 0.3 is 191 Å². The molecule has 0 fully saturated rings. The molecule has 0 aliphatic carbocycles. The third-order valence-corrected chi connectivity index (χ3v) is 16.0. The van der Waals surface area contributed by atoms with Gasteiger partial charge in [-0.1, -0.05) is 0 Å². The van der Waals surface area contributed by atoms with Crippen molar-refractivity contribution in [2.24, 2.45) is 0 Å². The van der Waals surface area contributed by atoms with E-state index in [1.807, 2.05) is 12.1 Å². The summed E-state index contributed by atoms with van der Waals surface area (Å²) in [6, 6.07) is 44.4. The van der Waals surface area contributed by atoms with E-state index in [2.05, 4.69) is 125 Å². The second-order valence-electron chi connectivity index (χ2n) is 7.73. The van der Waals surface area contributed by atoms with Crippen molar-refractivity contribution in [3.8, 4) is 5.75 Å². The molecule has 0 radical (unpaired) electrons. The zero-order valence-electron chi connectivity index (χ0n) is 16.9. The second-order valence-corrected chi connectivity index (χ2v) is 16.1. The molecule has 5 aromatic carbocycles. The molecule has 0 aliphatic heterocycles. The molecule has 0 heterocycles. The Morgan fingerprint density at radius 3 is 1.35 bits per heavy atom. The number of rotatable bonds is 4. The summed E-state index contributed by atoms with van der Waals surface area (Å²) in [4.78, 5) is 0. The van der Waals surface area contributed by atoms with Crippen LogP contribution in [0.15, 0.2) is 127 Å².